The molecule has 0 heterocycles. The molecule has 5 heteroatoms. The van der Waals surface area contributed by atoms with Gasteiger partial charge in [-0.3, -0.25) is 0 Å². The lowest BCUT2D eigenvalue weighted by Crippen LogP contribution is -2.03. The van der Waals surface area contributed by atoms with Gasteiger partial charge >= 0.3 is 0 Å². The van der Waals surface area contributed by atoms with Crippen molar-refractivity contribution in [2.24, 2.45) is 0 Å². The highest BCUT2D eigenvalue weighted by atomic mass is 79.9. The average molecular weight is 329 g/mol. The summed E-state index contributed by atoms with van der Waals surface area (Å²) in [5, 5.41) is 10.2. The summed E-state index contributed by atoms with van der Waals surface area (Å²) in [6, 6.07) is 8.39. The molecule has 2 aromatic carbocycles. The summed E-state index contributed by atoms with van der Waals surface area (Å²) >= 11 is 3.29. The molecule has 0 amide bonds. The lowest BCUT2D eigenvalue weighted by Gasteiger charge is -2.15. The summed E-state index contributed by atoms with van der Waals surface area (Å²) < 4.78 is 32.0. The molecule has 2 rings (SSSR count). The Morgan fingerprint density at radius 2 is 1.84 bits per heavy atom. The van der Waals surface area contributed by atoms with E-state index in [1.807, 2.05) is 0 Å². The minimum Gasteiger partial charge on any atom is -0.496 e. The first-order chi connectivity index (χ1) is 9.02. The third-order valence-corrected chi connectivity index (χ3v) is 3.24. The molecule has 2 aromatic rings. The number of hydrogen-bond acceptors (Lipinski definition) is 2. The molecule has 2 nitrogen and oxygen atoms in total. The Morgan fingerprint density at radius 3 is 2.47 bits per heavy atom. The molecule has 1 N–H and O–H groups in total. The van der Waals surface area contributed by atoms with Crippen LogP contribution in [0.2, 0.25) is 0 Å². The Hall–Kier alpha value is -1.46. The van der Waals surface area contributed by atoms with Crippen molar-refractivity contribution in [3.63, 3.8) is 0 Å². The van der Waals surface area contributed by atoms with Crippen molar-refractivity contribution in [2.45, 2.75) is 6.10 Å². The van der Waals surface area contributed by atoms with Gasteiger partial charge in [-0.1, -0.05) is 28.1 Å². The first-order valence-electron chi connectivity index (χ1n) is 5.49. The fourth-order valence-corrected chi connectivity index (χ4v) is 2.11. The normalized spacial score (nSPS) is 12.3. The van der Waals surface area contributed by atoms with Gasteiger partial charge in [-0.05, 0) is 29.8 Å². The Morgan fingerprint density at radius 1 is 1.11 bits per heavy atom. The Balaban J connectivity index is 2.43. The second kappa shape index (κ2) is 5.67. The van der Waals surface area contributed by atoms with Crippen molar-refractivity contribution in [1.29, 1.82) is 0 Å². The van der Waals surface area contributed by atoms with E-state index in [1.54, 1.807) is 18.2 Å². The minimum absolute atomic E-state index is 0.263. The van der Waals surface area contributed by atoms with Crippen molar-refractivity contribution in [1.82, 2.24) is 0 Å². The van der Waals surface area contributed by atoms with Crippen LogP contribution in [0, 0.1) is 11.6 Å². The second-order valence-electron chi connectivity index (χ2n) is 3.96. The zero-order chi connectivity index (χ0) is 14.0. The van der Waals surface area contributed by atoms with Crippen molar-refractivity contribution >= 4 is 15.9 Å². The Bertz CT molecular complexity index is 602. The number of rotatable bonds is 3. The first-order valence-corrected chi connectivity index (χ1v) is 6.28. The van der Waals surface area contributed by atoms with E-state index in [2.05, 4.69) is 15.9 Å². The molecule has 0 aromatic heterocycles. The zero-order valence-corrected chi connectivity index (χ0v) is 11.6. The van der Waals surface area contributed by atoms with Gasteiger partial charge in [-0.2, -0.15) is 0 Å². The predicted molar refractivity (Wildman–Crippen MR) is 71.1 cm³/mol. The van der Waals surface area contributed by atoms with Crippen LogP contribution in [0.25, 0.3) is 0 Å². The van der Waals surface area contributed by atoms with E-state index in [1.165, 1.54) is 13.2 Å². The highest BCUT2D eigenvalue weighted by molar-refractivity contribution is 9.10. The van der Waals surface area contributed by atoms with E-state index in [0.717, 1.165) is 16.6 Å². The van der Waals surface area contributed by atoms with E-state index in [0.29, 0.717) is 11.3 Å². The van der Waals surface area contributed by atoms with Crippen LogP contribution in [0.5, 0.6) is 5.75 Å². The molecule has 1 atom stereocenters. The third kappa shape index (κ3) is 2.93. The molecular weight excluding hydrogens is 318 g/mol. The van der Waals surface area contributed by atoms with Crippen molar-refractivity contribution in [3.05, 3.63) is 63.6 Å². The van der Waals surface area contributed by atoms with Gasteiger partial charge in [0.25, 0.3) is 0 Å². The summed E-state index contributed by atoms with van der Waals surface area (Å²) in [7, 11) is 1.48. The van der Waals surface area contributed by atoms with Gasteiger partial charge in [0.05, 0.1) is 7.11 Å². The standard InChI is InChI=1S/C14H11BrF2O2/c1-19-13-7-9(15)3-4-10(13)14(18)8-2-5-11(16)12(17)6-8/h2-7,14,18H,1H3. The predicted octanol–water partition coefficient (Wildman–Crippen LogP) is 3.82. The van der Waals surface area contributed by atoms with Gasteiger partial charge in [-0.15, -0.1) is 0 Å². The largest absolute Gasteiger partial charge is 0.496 e. The van der Waals surface area contributed by atoms with Gasteiger partial charge in [0.1, 0.15) is 11.9 Å². The van der Waals surface area contributed by atoms with Crippen molar-refractivity contribution in [3.8, 4) is 5.75 Å². The molecule has 100 valence electrons. The fourth-order valence-electron chi connectivity index (χ4n) is 1.77. The molecule has 0 saturated carbocycles. The van der Waals surface area contributed by atoms with Crippen molar-refractivity contribution in [2.75, 3.05) is 7.11 Å². The van der Waals surface area contributed by atoms with E-state index in [-0.39, 0.29) is 5.56 Å². The molecular formula is C14H11BrF2O2. The Labute approximate surface area is 117 Å². The van der Waals surface area contributed by atoms with E-state index in [9.17, 15) is 13.9 Å². The highest BCUT2D eigenvalue weighted by Crippen LogP contribution is 2.32. The maximum absolute atomic E-state index is 13.2. The maximum atomic E-state index is 13.2. The van der Waals surface area contributed by atoms with Crippen LogP contribution in [0.3, 0.4) is 0 Å². The summed E-state index contributed by atoms with van der Waals surface area (Å²) in [5.74, 6) is -1.47. The Kier molecular flexibility index (Phi) is 4.17. The maximum Gasteiger partial charge on any atom is 0.159 e. The van der Waals surface area contributed by atoms with Crippen LogP contribution in [-0.2, 0) is 0 Å². The van der Waals surface area contributed by atoms with E-state index >= 15 is 0 Å². The molecule has 0 spiro atoms. The average Bonchev–Trinajstić information content (AvgIpc) is 2.41. The molecule has 0 fully saturated rings. The molecule has 0 bridgehead atoms. The smallest absolute Gasteiger partial charge is 0.159 e. The van der Waals surface area contributed by atoms with Gasteiger partial charge in [0, 0.05) is 10.0 Å². The lowest BCUT2D eigenvalue weighted by atomic mass is 10.0. The van der Waals surface area contributed by atoms with Crippen LogP contribution in [0.1, 0.15) is 17.2 Å². The number of methoxy groups -OCH3 is 1. The lowest BCUT2D eigenvalue weighted by molar-refractivity contribution is 0.214. The first kappa shape index (κ1) is 14.0. The van der Waals surface area contributed by atoms with Crippen LogP contribution in [-0.4, -0.2) is 12.2 Å². The number of benzene rings is 2. The van der Waals surface area contributed by atoms with Crippen LogP contribution < -0.4 is 4.74 Å². The SMILES string of the molecule is COc1cc(Br)ccc1C(O)c1ccc(F)c(F)c1. The number of hydrogen-bond donors (Lipinski definition) is 1. The number of aliphatic hydroxyl groups excluding tert-OH is 1. The number of halogens is 3. The fraction of sp³-hybridized carbons (Fsp3) is 0.143. The molecule has 0 radical (unpaired) electrons. The summed E-state index contributed by atoms with van der Waals surface area (Å²) in [4.78, 5) is 0. The second-order valence-corrected chi connectivity index (χ2v) is 4.88. The summed E-state index contributed by atoms with van der Waals surface area (Å²) in [5.41, 5.74) is 0.747. The van der Waals surface area contributed by atoms with E-state index < -0.39 is 17.7 Å². The molecule has 19 heavy (non-hydrogen) atoms. The molecule has 0 aliphatic heterocycles. The van der Waals surface area contributed by atoms with Crippen LogP contribution >= 0.6 is 15.9 Å². The number of aliphatic hydroxyl groups is 1. The quantitative estimate of drug-likeness (QED) is 0.928. The highest BCUT2D eigenvalue weighted by Gasteiger charge is 2.17. The summed E-state index contributed by atoms with van der Waals surface area (Å²) in [6.07, 6.45) is -1.09. The minimum atomic E-state index is -1.09. The van der Waals surface area contributed by atoms with Gasteiger partial charge in [0.15, 0.2) is 11.6 Å². The van der Waals surface area contributed by atoms with Gasteiger partial charge in [-0.25, -0.2) is 8.78 Å². The molecule has 0 aliphatic carbocycles. The third-order valence-electron chi connectivity index (χ3n) is 2.75. The molecule has 1 unspecified atom stereocenters. The van der Waals surface area contributed by atoms with Crippen molar-refractivity contribution < 1.29 is 18.6 Å². The van der Waals surface area contributed by atoms with Crippen LogP contribution in [0.4, 0.5) is 8.78 Å². The topological polar surface area (TPSA) is 29.5 Å². The van der Waals surface area contributed by atoms with Gasteiger partial charge in [0.2, 0.25) is 0 Å². The number of ether oxygens (including phenoxy) is 1. The zero-order valence-electron chi connectivity index (χ0n) is 10.0. The molecule has 0 saturated heterocycles. The molecule has 0 aliphatic rings. The van der Waals surface area contributed by atoms with Crippen LogP contribution in [0.15, 0.2) is 40.9 Å². The van der Waals surface area contributed by atoms with E-state index in [4.69, 9.17) is 4.74 Å². The monoisotopic (exact) mass is 328 g/mol. The van der Waals surface area contributed by atoms with Gasteiger partial charge < -0.3 is 9.84 Å². The summed E-state index contributed by atoms with van der Waals surface area (Å²) in [6.45, 7) is 0.